The van der Waals surface area contributed by atoms with Crippen LogP contribution in [0, 0.1) is 0 Å². The Morgan fingerprint density at radius 3 is 3.22 bits per heavy atom. The van der Waals surface area contributed by atoms with E-state index in [4.69, 9.17) is 5.73 Å². The summed E-state index contributed by atoms with van der Waals surface area (Å²) < 4.78 is 0. The normalized spacial score (nSPS) is 12.6. The Balaban J connectivity index is 2.09. The van der Waals surface area contributed by atoms with Crippen LogP contribution in [0.1, 0.15) is 6.42 Å². The van der Waals surface area contributed by atoms with Crippen LogP contribution < -0.4 is 11.1 Å². The average molecular weight is 264 g/mol. The maximum atomic E-state index is 11.9. The fraction of sp³-hybridized carbons (Fsp3) is 0.333. The predicted octanol–water partition coefficient (Wildman–Crippen LogP) is 1.58. The number of fused-ring (bicyclic) bond motifs is 1. The number of rotatable bonds is 5. The number of thioether (sulfide) groups is 1. The zero-order valence-electron chi connectivity index (χ0n) is 10.1. The maximum Gasteiger partial charge on any atom is 0.241 e. The van der Waals surface area contributed by atoms with Gasteiger partial charge < -0.3 is 11.1 Å². The number of carbonyl (C=O) groups is 1. The van der Waals surface area contributed by atoms with Crippen LogP contribution in [0.4, 0.5) is 5.69 Å². The summed E-state index contributed by atoms with van der Waals surface area (Å²) in [5.41, 5.74) is 7.36. The van der Waals surface area contributed by atoms with Crippen molar-refractivity contribution in [1.82, 2.24) is 10.2 Å². The number of nitrogens with one attached hydrogen (secondary N) is 2. The molecule has 1 amide bonds. The fourth-order valence-electron chi connectivity index (χ4n) is 1.67. The van der Waals surface area contributed by atoms with Gasteiger partial charge in [-0.2, -0.15) is 16.9 Å². The van der Waals surface area contributed by atoms with Crippen LogP contribution in [0.2, 0.25) is 0 Å². The van der Waals surface area contributed by atoms with E-state index in [1.165, 1.54) is 0 Å². The summed E-state index contributed by atoms with van der Waals surface area (Å²) in [6, 6.07) is 5.17. The highest BCUT2D eigenvalue weighted by Gasteiger charge is 2.14. The minimum absolute atomic E-state index is 0.161. The van der Waals surface area contributed by atoms with Crippen LogP contribution in [0.25, 0.3) is 10.9 Å². The van der Waals surface area contributed by atoms with Crippen LogP contribution in [0.3, 0.4) is 0 Å². The number of hydrogen-bond donors (Lipinski definition) is 3. The molecule has 5 nitrogen and oxygen atoms in total. The number of nitrogens with zero attached hydrogens (tertiary/aromatic N) is 1. The summed E-state index contributed by atoms with van der Waals surface area (Å²) >= 11 is 1.68. The SMILES string of the molecule is CSCC[C@@H](N)C(=O)Nc1cccc2cn[nH]c12. The average Bonchev–Trinajstić information content (AvgIpc) is 2.85. The molecule has 1 aromatic carbocycles. The van der Waals surface area contributed by atoms with Gasteiger partial charge in [-0.3, -0.25) is 9.89 Å². The number of aromatic amines is 1. The molecule has 0 spiro atoms. The summed E-state index contributed by atoms with van der Waals surface area (Å²) in [5, 5.41) is 10.6. The summed E-state index contributed by atoms with van der Waals surface area (Å²) in [4.78, 5) is 11.9. The number of benzene rings is 1. The van der Waals surface area contributed by atoms with E-state index >= 15 is 0 Å². The lowest BCUT2D eigenvalue weighted by atomic mass is 10.2. The minimum atomic E-state index is -0.476. The predicted molar refractivity (Wildman–Crippen MR) is 75.7 cm³/mol. The molecule has 96 valence electrons. The van der Waals surface area contributed by atoms with E-state index in [0.29, 0.717) is 6.42 Å². The number of para-hydroxylation sites is 1. The molecule has 4 N–H and O–H groups in total. The van der Waals surface area contributed by atoms with E-state index in [-0.39, 0.29) is 5.91 Å². The third kappa shape index (κ3) is 2.83. The molecule has 18 heavy (non-hydrogen) atoms. The Bertz CT molecular complexity index is 540. The van der Waals surface area contributed by atoms with Crippen molar-refractivity contribution >= 4 is 34.3 Å². The Kier molecular flexibility index (Phi) is 4.22. The van der Waals surface area contributed by atoms with Crippen molar-refractivity contribution in [3.8, 4) is 0 Å². The molecule has 2 rings (SSSR count). The molecule has 6 heteroatoms. The fourth-order valence-corrected chi connectivity index (χ4v) is 2.16. The van der Waals surface area contributed by atoms with Crippen LogP contribution >= 0.6 is 11.8 Å². The lowest BCUT2D eigenvalue weighted by Crippen LogP contribution is -2.36. The molecule has 0 unspecified atom stereocenters. The van der Waals surface area contributed by atoms with Crippen molar-refractivity contribution in [3.05, 3.63) is 24.4 Å². The molecule has 1 atom stereocenters. The quantitative estimate of drug-likeness (QED) is 0.765. The van der Waals surface area contributed by atoms with Crippen LogP contribution in [0.5, 0.6) is 0 Å². The molecule has 1 heterocycles. The molecule has 0 aliphatic heterocycles. The molecule has 0 bridgehead atoms. The van der Waals surface area contributed by atoms with Crippen molar-refractivity contribution in [3.63, 3.8) is 0 Å². The van der Waals surface area contributed by atoms with Crippen LogP contribution in [-0.2, 0) is 4.79 Å². The van der Waals surface area contributed by atoms with Gasteiger partial charge in [-0.05, 0) is 24.5 Å². The molecule has 0 aliphatic rings. The van der Waals surface area contributed by atoms with Gasteiger partial charge in [0.15, 0.2) is 0 Å². The molecule has 1 aromatic heterocycles. The highest BCUT2D eigenvalue weighted by Crippen LogP contribution is 2.20. The lowest BCUT2D eigenvalue weighted by Gasteiger charge is -2.12. The molecular formula is C12H16N4OS. The summed E-state index contributed by atoms with van der Waals surface area (Å²) in [5.74, 6) is 0.717. The van der Waals surface area contributed by atoms with Crippen molar-refractivity contribution in [1.29, 1.82) is 0 Å². The van der Waals surface area contributed by atoms with Gasteiger partial charge in [0, 0.05) is 5.39 Å². The number of hydrogen-bond acceptors (Lipinski definition) is 4. The van der Waals surface area contributed by atoms with Gasteiger partial charge in [0.25, 0.3) is 0 Å². The molecule has 2 aromatic rings. The Hall–Kier alpha value is -1.53. The highest BCUT2D eigenvalue weighted by atomic mass is 32.2. The van der Waals surface area contributed by atoms with Gasteiger partial charge >= 0.3 is 0 Å². The summed E-state index contributed by atoms with van der Waals surface area (Å²) in [6.07, 6.45) is 4.39. The number of amides is 1. The molecule has 0 saturated heterocycles. The van der Waals surface area contributed by atoms with Gasteiger partial charge in [0.05, 0.1) is 23.4 Å². The van der Waals surface area contributed by atoms with Gasteiger partial charge in [-0.15, -0.1) is 0 Å². The number of H-pyrrole nitrogens is 1. The molecule has 0 radical (unpaired) electrons. The van der Waals surface area contributed by atoms with E-state index in [1.54, 1.807) is 18.0 Å². The third-order valence-corrected chi connectivity index (χ3v) is 3.35. The first-order valence-electron chi connectivity index (χ1n) is 5.70. The van der Waals surface area contributed by atoms with Crippen molar-refractivity contribution in [2.45, 2.75) is 12.5 Å². The van der Waals surface area contributed by atoms with Crippen molar-refractivity contribution < 1.29 is 4.79 Å². The van der Waals surface area contributed by atoms with E-state index in [0.717, 1.165) is 22.3 Å². The van der Waals surface area contributed by atoms with Gasteiger partial charge in [0.2, 0.25) is 5.91 Å². The van der Waals surface area contributed by atoms with E-state index in [1.807, 2.05) is 24.5 Å². The second-order valence-corrected chi connectivity index (χ2v) is 5.00. The van der Waals surface area contributed by atoms with Crippen LogP contribution in [0.15, 0.2) is 24.4 Å². The van der Waals surface area contributed by atoms with Gasteiger partial charge in [-0.25, -0.2) is 0 Å². The number of anilines is 1. The topological polar surface area (TPSA) is 83.8 Å². The molecular weight excluding hydrogens is 248 g/mol. The van der Waals surface area contributed by atoms with Crippen molar-refractivity contribution in [2.75, 3.05) is 17.3 Å². The van der Waals surface area contributed by atoms with E-state index in [9.17, 15) is 4.79 Å². The van der Waals surface area contributed by atoms with Gasteiger partial charge in [-0.1, -0.05) is 12.1 Å². The standard InChI is InChI=1S/C12H16N4OS/c1-18-6-5-9(13)12(17)15-10-4-2-3-8-7-14-16-11(8)10/h2-4,7,9H,5-6,13H2,1H3,(H,14,16)(H,15,17)/t9-/m1/s1. The minimum Gasteiger partial charge on any atom is -0.323 e. The molecule has 0 saturated carbocycles. The number of aromatic nitrogens is 2. The molecule has 0 fully saturated rings. The molecule has 0 aliphatic carbocycles. The second kappa shape index (κ2) is 5.88. The first-order chi connectivity index (χ1) is 8.72. The first-order valence-corrected chi connectivity index (χ1v) is 7.09. The second-order valence-electron chi connectivity index (χ2n) is 4.02. The Labute approximate surface area is 110 Å². The van der Waals surface area contributed by atoms with E-state index < -0.39 is 6.04 Å². The van der Waals surface area contributed by atoms with E-state index in [2.05, 4.69) is 15.5 Å². The Morgan fingerprint density at radius 2 is 2.44 bits per heavy atom. The third-order valence-electron chi connectivity index (χ3n) is 2.70. The number of nitrogens with two attached hydrogens (primary N) is 1. The zero-order chi connectivity index (χ0) is 13.0. The van der Waals surface area contributed by atoms with Gasteiger partial charge in [0.1, 0.15) is 0 Å². The zero-order valence-corrected chi connectivity index (χ0v) is 11.0. The highest BCUT2D eigenvalue weighted by molar-refractivity contribution is 7.98. The first kappa shape index (κ1) is 12.9. The van der Waals surface area contributed by atoms with Crippen molar-refractivity contribution in [2.24, 2.45) is 5.73 Å². The Morgan fingerprint density at radius 1 is 1.61 bits per heavy atom. The summed E-state index contributed by atoms with van der Waals surface area (Å²) in [7, 11) is 0. The largest absolute Gasteiger partial charge is 0.323 e. The van der Waals surface area contributed by atoms with Crippen LogP contribution in [-0.4, -0.2) is 34.2 Å². The lowest BCUT2D eigenvalue weighted by molar-refractivity contribution is -0.117. The number of carbonyl (C=O) groups excluding carboxylic acids is 1. The summed E-state index contributed by atoms with van der Waals surface area (Å²) in [6.45, 7) is 0. The smallest absolute Gasteiger partial charge is 0.241 e. The monoisotopic (exact) mass is 264 g/mol. The maximum absolute atomic E-state index is 11.9.